The monoisotopic (exact) mass is 297 g/mol. The van der Waals surface area contributed by atoms with Gasteiger partial charge in [-0.15, -0.1) is 0 Å². The maximum Gasteiger partial charge on any atom is 0.415 e. The average Bonchev–Trinajstić information content (AvgIpc) is 2.41. The van der Waals surface area contributed by atoms with Gasteiger partial charge in [-0.05, 0) is 37.6 Å². The first kappa shape index (κ1) is 15.2. The highest BCUT2D eigenvalue weighted by molar-refractivity contribution is 6.05. The first-order valence-corrected chi connectivity index (χ1v) is 6.16. The summed E-state index contributed by atoms with van der Waals surface area (Å²) < 4.78 is 38.3. The average molecular weight is 297 g/mol. The normalized spacial score (nSPS) is 14.8. The Morgan fingerprint density at radius 2 is 1.95 bits per heavy atom. The quantitative estimate of drug-likeness (QED) is 0.895. The molecular formula is C14H14F3N3O. The van der Waals surface area contributed by atoms with Crippen LogP contribution in [-0.2, 0) is 4.79 Å². The molecule has 1 aromatic carbocycles. The molecule has 0 saturated carbocycles. The Morgan fingerprint density at radius 1 is 1.29 bits per heavy atom. The van der Waals surface area contributed by atoms with Gasteiger partial charge in [0.1, 0.15) is 0 Å². The fraction of sp³-hybridized carbons (Fsp3) is 0.286. The molecule has 1 atom stereocenters. The van der Waals surface area contributed by atoms with E-state index < -0.39 is 17.6 Å². The zero-order valence-electron chi connectivity index (χ0n) is 11.5. The standard InChI is InChI=1S/C14H14F3N3O/c1-8-5-6-10(9-4-3-7-19-11(8)9)20-12(21)13(2,18)14(15,16)17/h3-7H,18H2,1-2H3,(H,20,21). The summed E-state index contributed by atoms with van der Waals surface area (Å²) in [6.07, 6.45) is -3.26. The molecule has 0 fully saturated rings. The van der Waals surface area contributed by atoms with Crippen molar-refractivity contribution in [2.24, 2.45) is 5.73 Å². The van der Waals surface area contributed by atoms with Crippen LogP contribution in [0.3, 0.4) is 0 Å². The topological polar surface area (TPSA) is 68.0 Å². The largest absolute Gasteiger partial charge is 0.415 e. The molecule has 1 aromatic heterocycles. The van der Waals surface area contributed by atoms with Crippen LogP contribution in [0.4, 0.5) is 18.9 Å². The minimum atomic E-state index is -4.84. The molecule has 2 aromatic rings. The number of hydrogen-bond acceptors (Lipinski definition) is 3. The van der Waals surface area contributed by atoms with Crippen LogP contribution in [0.5, 0.6) is 0 Å². The minimum absolute atomic E-state index is 0.245. The molecule has 0 saturated heterocycles. The van der Waals surface area contributed by atoms with E-state index in [0.717, 1.165) is 5.56 Å². The number of nitrogens with zero attached hydrogens (tertiary/aromatic N) is 1. The number of pyridine rings is 1. The van der Waals surface area contributed by atoms with Crippen LogP contribution in [0.15, 0.2) is 30.5 Å². The van der Waals surface area contributed by atoms with E-state index >= 15 is 0 Å². The predicted molar refractivity (Wildman–Crippen MR) is 73.8 cm³/mol. The van der Waals surface area contributed by atoms with Gasteiger partial charge in [0, 0.05) is 11.6 Å². The van der Waals surface area contributed by atoms with Crippen LogP contribution < -0.4 is 11.1 Å². The van der Waals surface area contributed by atoms with Crippen molar-refractivity contribution in [3.05, 3.63) is 36.0 Å². The van der Waals surface area contributed by atoms with Crippen molar-refractivity contribution in [2.45, 2.75) is 25.6 Å². The highest BCUT2D eigenvalue weighted by atomic mass is 19.4. The number of carbonyl (C=O) groups excluding carboxylic acids is 1. The Kier molecular flexibility index (Phi) is 3.63. The second kappa shape index (κ2) is 5.00. The van der Waals surface area contributed by atoms with Crippen LogP contribution in [0, 0.1) is 6.92 Å². The Labute approximate surface area is 119 Å². The molecule has 1 unspecified atom stereocenters. The third kappa shape index (κ3) is 2.69. The molecule has 0 aliphatic carbocycles. The van der Waals surface area contributed by atoms with Crippen LogP contribution in [-0.4, -0.2) is 22.6 Å². The molecule has 0 radical (unpaired) electrons. The Bertz CT molecular complexity index is 695. The van der Waals surface area contributed by atoms with Crippen molar-refractivity contribution in [1.82, 2.24) is 4.98 Å². The van der Waals surface area contributed by atoms with Crippen molar-refractivity contribution in [2.75, 3.05) is 5.32 Å². The lowest BCUT2D eigenvalue weighted by Crippen LogP contribution is -2.59. The van der Waals surface area contributed by atoms with Crippen LogP contribution in [0.25, 0.3) is 10.9 Å². The van der Waals surface area contributed by atoms with Gasteiger partial charge in [0.05, 0.1) is 11.2 Å². The molecule has 112 valence electrons. The van der Waals surface area contributed by atoms with E-state index in [4.69, 9.17) is 5.73 Å². The van der Waals surface area contributed by atoms with Crippen molar-refractivity contribution in [3.8, 4) is 0 Å². The summed E-state index contributed by atoms with van der Waals surface area (Å²) >= 11 is 0. The van der Waals surface area contributed by atoms with Gasteiger partial charge in [-0.1, -0.05) is 6.07 Å². The Hall–Kier alpha value is -2.15. The van der Waals surface area contributed by atoms with E-state index in [1.807, 2.05) is 6.92 Å². The van der Waals surface area contributed by atoms with E-state index in [1.54, 1.807) is 24.4 Å². The summed E-state index contributed by atoms with van der Waals surface area (Å²) in [4.78, 5) is 16.0. The SMILES string of the molecule is Cc1ccc(NC(=O)C(C)(N)C(F)(F)F)c2cccnc12. The lowest BCUT2D eigenvalue weighted by Gasteiger charge is -2.26. The fourth-order valence-electron chi connectivity index (χ4n) is 1.80. The molecule has 1 heterocycles. The molecule has 4 nitrogen and oxygen atoms in total. The molecule has 0 spiro atoms. The lowest BCUT2D eigenvalue weighted by atomic mass is 10.0. The van der Waals surface area contributed by atoms with Gasteiger partial charge in [0.15, 0.2) is 5.54 Å². The van der Waals surface area contributed by atoms with E-state index in [2.05, 4.69) is 10.3 Å². The van der Waals surface area contributed by atoms with Crippen LogP contribution in [0.2, 0.25) is 0 Å². The van der Waals surface area contributed by atoms with Gasteiger partial charge in [0.25, 0.3) is 5.91 Å². The molecule has 0 aliphatic rings. The van der Waals surface area contributed by atoms with Gasteiger partial charge in [-0.2, -0.15) is 13.2 Å². The van der Waals surface area contributed by atoms with Crippen molar-refractivity contribution < 1.29 is 18.0 Å². The smallest absolute Gasteiger partial charge is 0.324 e. The number of nitrogens with two attached hydrogens (primary N) is 1. The molecule has 0 aliphatic heterocycles. The summed E-state index contributed by atoms with van der Waals surface area (Å²) in [5, 5.41) is 2.79. The van der Waals surface area contributed by atoms with E-state index in [9.17, 15) is 18.0 Å². The number of nitrogens with one attached hydrogen (secondary N) is 1. The van der Waals surface area contributed by atoms with Gasteiger partial charge in [0.2, 0.25) is 0 Å². The number of rotatable bonds is 2. The lowest BCUT2D eigenvalue weighted by molar-refractivity contribution is -0.184. The van der Waals surface area contributed by atoms with Crippen LogP contribution in [0.1, 0.15) is 12.5 Å². The second-order valence-electron chi connectivity index (χ2n) is 4.98. The summed E-state index contributed by atoms with van der Waals surface area (Å²) in [5.41, 5.74) is 3.85. The zero-order chi connectivity index (χ0) is 15.8. The second-order valence-corrected chi connectivity index (χ2v) is 4.98. The van der Waals surface area contributed by atoms with Gasteiger partial charge in [-0.3, -0.25) is 9.78 Å². The number of fused-ring (bicyclic) bond motifs is 1. The fourth-order valence-corrected chi connectivity index (χ4v) is 1.80. The molecule has 1 amide bonds. The number of anilines is 1. The molecule has 0 bridgehead atoms. The Balaban J connectivity index is 2.42. The van der Waals surface area contributed by atoms with Gasteiger partial charge < -0.3 is 11.1 Å². The van der Waals surface area contributed by atoms with E-state index in [-0.39, 0.29) is 5.69 Å². The van der Waals surface area contributed by atoms with Gasteiger partial charge >= 0.3 is 6.18 Å². The third-order valence-electron chi connectivity index (χ3n) is 3.28. The number of benzene rings is 1. The number of halogens is 3. The number of hydrogen-bond donors (Lipinski definition) is 2. The Morgan fingerprint density at radius 3 is 2.57 bits per heavy atom. The van der Waals surface area contributed by atoms with Crippen molar-refractivity contribution in [3.63, 3.8) is 0 Å². The van der Waals surface area contributed by atoms with E-state index in [1.165, 1.54) is 6.07 Å². The van der Waals surface area contributed by atoms with Crippen molar-refractivity contribution >= 4 is 22.5 Å². The maximum absolute atomic E-state index is 12.8. The highest BCUT2D eigenvalue weighted by Crippen LogP contribution is 2.30. The molecule has 21 heavy (non-hydrogen) atoms. The first-order valence-electron chi connectivity index (χ1n) is 6.16. The van der Waals surface area contributed by atoms with E-state index in [0.29, 0.717) is 17.8 Å². The van der Waals surface area contributed by atoms with Gasteiger partial charge in [-0.25, -0.2) is 0 Å². The third-order valence-corrected chi connectivity index (χ3v) is 3.28. The molecule has 2 rings (SSSR count). The molecule has 7 heteroatoms. The summed E-state index contributed by atoms with van der Waals surface area (Å²) in [6.45, 7) is 2.46. The molecular weight excluding hydrogens is 283 g/mol. The maximum atomic E-state index is 12.8. The summed E-state index contributed by atoms with van der Waals surface area (Å²) in [7, 11) is 0. The van der Waals surface area contributed by atoms with Crippen LogP contribution >= 0.6 is 0 Å². The van der Waals surface area contributed by atoms with Crippen molar-refractivity contribution in [1.29, 1.82) is 0 Å². The summed E-state index contributed by atoms with van der Waals surface area (Å²) in [5.74, 6) is -1.32. The number of alkyl halides is 3. The molecule has 3 N–H and O–H groups in total. The number of amides is 1. The number of aromatic nitrogens is 1. The number of carbonyl (C=O) groups is 1. The highest BCUT2D eigenvalue weighted by Gasteiger charge is 2.54. The predicted octanol–water partition coefficient (Wildman–Crippen LogP) is 2.76. The number of aryl methyl sites for hydroxylation is 1. The minimum Gasteiger partial charge on any atom is -0.324 e. The summed E-state index contributed by atoms with van der Waals surface area (Å²) in [6, 6.07) is 6.52. The first-order chi connectivity index (χ1) is 9.64. The zero-order valence-corrected chi connectivity index (χ0v) is 11.5.